The van der Waals surface area contributed by atoms with Crippen molar-refractivity contribution in [2.45, 2.75) is 19.8 Å². The van der Waals surface area contributed by atoms with E-state index in [1.807, 2.05) is 36.4 Å². The summed E-state index contributed by atoms with van der Waals surface area (Å²) in [5.74, 6) is 8.34. The fourth-order valence-electron chi connectivity index (χ4n) is 2.16. The fourth-order valence-corrected chi connectivity index (χ4v) is 2.16. The van der Waals surface area contributed by atoms with Crippen LogP contribution in [0.2, 0.25) is 0 Å². The number of carbonyl (C=O) groups is 1. The summed E-state index contributed by atoms with van der Waals surface area (Å²) in [5.41, 5.74) is 2.46. The van der Waals surface area contributed by atoms with Crippen molar-refractivity contribution in [1.29, 1.82) is 0 Å². The molecule has 0 spiro atoms. The van der Waals surface area contributed by atoms with Gasteiger partial charge in [-0.05, 0) is 30.9 Å². The van der Waals surface area contributed by atoms with Gasteiger partial charge in [-0.2, -0.15) is 0 Å². The molecule has 2 aromatic rings. The highest BCUT2D eigenvalue weighted by molar-refractivity contribution is 5.78. The summed E-state index contributed by atoms with van der Waals surface area (Å²) in [6.07, 6.45) is 1.65. The molecule has 0 saturated heterocycles. The Morgan fingerprint density at radius 1 is 0.850 bits per heavy atom. The van der Waals surface area contributed by atoms with E-state index in [9.17, 15) is 4.79 Å². The number of hydrazine groups is 1. The van der Waals surface area contributed by atoms with Crippen LogP contribution in [0.25, 0.3) is 0 Å². The second-order valence-electron chi connectivity index (χ2n) is 4.69. The molecule has 106 valence electrons. The highest BCUT2D eigenvalue weighted by Gasteiger charge is 2.15. The smallest absolute Gasteiger partial charge is 0.133 e. The van der Waals surface area contributed by atoms with E-state index in [0.29, 0.717) is 0 Å². The van der Waals surface area contributed by atoms with Gasteiger partial charge >= 0.3 is 0 Å². The first-order valence-corrected chi connectivity index (χ1v) is 6.67. The molecular weight excluding hydrogens is 248 g/mol. The van der Waals surface area contributed by atoms with Crippen LogP contribution >= 0.6 is 0 Å². The van der Waals surface area contributed by atoms with E-state index >= 15 is 0 Å². The zero-order chi connectivity index (χ0) is 14.8. The molecule has 0 aliphatic heterocycles. The molecule has 3 heteroatoms. The van der Waals surface area contributed by atoms with Gasteiger partial charge in [-0.25, -0.2) is 0 Å². The predicted molar refractivity (Wildman–Crippen MR) is 82.8 cm³/mol. The van der Waals surface area contributed by atoms with Gasteiger partial charge in [-0.3, -0.25) is 16.5 Å². The summed E-state index contributed by atoms with van der Waals surface area (Å²) in [4.78, 5) is 11.8. The zero-order valence-corrected chi connectivity index (χ0v) is 11.8. The van der Waals surface area contributed by atoms with Crippen molar-refractivity contribution >= 4 is 5.78 Å². The Hall–Kier alpha value is -1.97. The maximum Gasteiger partial charge on any atom is 0.133 e. The van der Waals surface area contributed by atoms with Crippen LogP contribution < -0.4 is 11.7 Å². The van der Waals surface area contributed by atoms with Crippen LogP contribution in [-0.4, -0.2) is 5.78 Å². The molecule has 0 aliphatic rings. The van der Waals surface area contributed by atoms with Crippen molar-refractivity contribution in [3.05, 3.63) is 71.8 Å². The summed E-state index contributed by atoms with van der Waals surface area (Å²) >= 11 is 0. The number of nitrogens with two attached hydrogens (primary N) is 2. The quantitative estimate of drug-likeness (QED) is 0.648. The number of ketones is 1. The van der Waals surface area contributed by atoms with Gasteiger partial charge < -0.3 is 0 Å². The minimum atomic E-state index is 0.0785. The van der Waals surface area contributed by atoms with Gasteiger partial charge in [-0.1, -0.05) is 60.7 Å². The Kier molecular flexibility index (Phi) is 7.25. The minimum absolute atomic E-state index is 0.0785. The van der Waals surface area contributed by atoms with E-state index < -0.39 is 0 Å². The molecule has 0 heterocycles. The largest absolute Gasteiger partial charge is 0.300 e. The topological polar surface area (TPSA) is 69.1 Å². The Balaban J connectivity index is 0.000000956. The summed E-state index contributed by atoms with van der Waals surface area (Å²) < 4.78 is 0. The Morgan fingerprint density at radius 3 is 1.50 bits per heavy atom. The molecule has 20 heavy (non-hydrogen) atoms. The molecule has 2 aromatic carbocycles. The maximum absolute atomic E-state index is 11.8. The van der Waals surface area contributed by atoms with Gasteiger partial charge in [-0.15, -0.1) is 0 Å². The first-order chi connectivity index (χ1) is 9.75. The number of Topliss-reactive ketones (excluding diaryl/α,β-unsaturated/α-hetero) is 1. The van der Waals surface area contributed by atoms with Crippen LogP contribution in [-0.2, 0) is 17.6 Å². The van der Waals surface area contributed by atoms with E-state index in [0.717, 1.165) is 12.8 Å². The Labute approximate surface area is 120 Å². The van der Waals surface area contributed by atoms with Crippen LogP contribution in [0.5, 0.6) is 0 Å². The molecule has 0 radical (unpaired) electrons. The standard InChI is InChI=1S/C17H18O.H4N2/c1-14(18)17(12-15-8-4-2-5-9-15)13-16-10-6-3-7-11-16;1-2/h2-11,17H,12-13H2,1H3;1-2H2. The van der Waals surface area contributed by atoms with Gasteiger partial charge in [0.25, 0.3) is 0 Å². The lowest BCUT2D eigenvalue weighted by Gasteiger charge is -2.14. The molecule has 0 bridgehead atoms. The van der Waals surface area contributed by atoms with E-state index in [1.165, 1.54) is 11.1 Å². The average Bonchev–Trinajstić information content (AvgIpc) is 2.51. The van der Waals surface area contributed by atoms with Gasteiger partial charge in [0.2, 0.25) is 0 Å². The zero-order valence-electron chi connectivity index (χ0n) is 11.8. The van der Waals surface area contributed by atoms with Crippen molar-refractivity contribution in [2.75, 3.05) is 0 Å². The molecule has 4 N–H and O–H groups in total. The lowest BCUT2D eigenvalue weighted by atomic mass is 9.90. The molecule has 0 aliphatic carbocycles. The summed E-state index contributed by atoms with van der Waals surface area (Å²) in [7, 11) is 0. The van der Waals surface area contributed by atoms with E-state index in [4.69, 9.17) is 0 Å². The summed E-state index contributed by atoms with van der Waals surface area (Å²) in [6, 6.07) is 20.4. The van der Waals surface area contributed by atoms with Crippen LogP contribution in [0, 0.1) is 5.92 Å². The van der Waals surface area contributed by atoms with Crippen molar-refractivity contribution in [3.63, 3.8) is 0 Å². The molecule has 0 fully saturated rings. The average molecular weight is 270 g/mol. The van der Waals surface area contributed by atoms with Crippen molar-refractivity contribution < 1.29 is 4.79 Å². The number of benzene rings is 2. The second kappa shape index (κ2) is 9.02. The van der Waals surface area contributed by atoms with E-state index in [1.54, 1.807) is 6.92 Å². The number of hydrogen-bond acceptors (Lipinski definition) is 3. The molecule has 0 amide bonds. The first-order valence-electron chi connectivity index (χ1n) is 6.67. The number of rotatable bonds is 5. The predicted octanol–water partition coefficient (Wildman–Crippen LogP) is 2.50. The highest BCUT2D eigenvalue weighted by atomic mass is 16.1. The normalized spacial score (nSPS) is 9.80. The fraction of sp³-hybridized carbons (Fsp3) is 0.235. The highest BCUT2D eigenvalue weighted by Crippen LogP contribution is 2.15. The van der Waals surface area contributed by atoms with Crippen LogP contribution in [0.15, 0.2) is 60.7 Å². The monoisotopic (exact) mass is 270 g/mol. The third-order valence-electron chi connectivity index (χ3n) is 3.22. The first kappa shape index (κ1) is 16.1. The lowest BCUT2D eigenvalue weighted by Crippen LogP contribution is -2.16. The van der Waals surface area contributed by atoms with Gasteiger partial charge in [0.1, 0.15) is 5.78 Å². The van der Waals surface area contributed by atoms with Crippen molar-refractivity contribution in [2.24, 2.45) is 17.6 Å². The van der Waals surface area contributed by atoms with Gasteiger partial charge in [0.05, 0.1) is 0 Å². The van der Waals surface area contributed by atoms with Crippen LogP contribution in [0.1, 0.15) is 18.1 Å². The minimum Gasteiger partial charge on any atom is -0.300 e. The van der Waals surface area contributed by atoms with E-state index in [2.05, 4.69) is 36.0 Å². The Morgan fingerprint density at radius 2 is 1.20 bits per heavy atom. The molecule has 0 aromatic heterocycles. The lowest BCUT2D eigenvalue weighted by molar-refractivity contribution is -0.120. The summed E-state index contributed by atoms with van der Waals surface area (Å²) in [6.45, 7) is 1.69. The molecule has 0 unspecified atom stereocenters. The maximum atomic E-state index is 11.8. The summed E-state index contributed by atoms with van der Waals surface area (Å²) in [5, 5.41) is 0. The van der Waals surface area contributed by atoms with E-state index in [-0.39, 0.29) is 11.7 Å². The van der Waals surface area contributed by atoms with Gasteiger partial charge in [0.15, 0.2) is 0 Å². The third-order valence-corrected chi connectivity index (χ3v) is 3.22. The van der Waals surface area contributed by atoms with Gasteiger partial charge in [0, 0.05) is 5.92 Å². The number of hydrogen-bond donors (Lipinski definition) is 2. The second-order valence-corrected chi connectivity index (χ2v) is 4.69. The van der Waals surface area contributed by atoms with Crippen LogP contribution in [0.3, 0.4) is 0 Å². The van der Waals surface area contributed by atoms with Crippen LogP contribution in [0.4, 0.5) is 0 Å². The molecule has 3 nitrogen and oxygen atoms in total. The SMILES string of the molecule is CC(=O)C(Cc1ccccc1)Cc1ccccc1.NN. The third kappa shape index (κ3) is 5.34. The Bertz CT molecular complexity index is 455. The van der Waals surface area contributed by atoms with Crippen molar-refractivity contribution in [3.8, 4) is 0 Å². The molecule has 0 atom stereocenters. The van der Waals surface area contributed by atoms with Crippen molar-refractivity contribution in [1.82, 2.24) is 0 Å². The molecule has 0 saturated carbocycles. The number of carbonyl (C=O) groups excluding carboxylic acids is 1. The molecule has 2 rings (SSSR count). The molecular formula is C17H22N2O.